The topological polar surface area (TPSA) is 116 Å². The quantitative estimate of drug-likeness (QED) is 0.761. The van der Waals surface area contributed by atoms with Crippen LogP contribution in [0.25, 0.3) is 0 Å². The second kappa shape index (κ2) is 5.50. The third kappa shape index (κ3) is 3.20. The minimum absolute atomic E-state index is 0.108. The van der Waals surface area contributed by atoms with Gasteiger partial charge in [0.15, 0.2) is 0 Å². The molecule has 8 heteroatoms. The van der Waals surface area contributed by atoms with Crippen molar-refractivity contribution >= 4 is 22.0 Å². The molecule has 0 heterocycles. The van der Waals surface area contributed by atoms with Crippen LogP contribution in [0, 0.1) is 0 Å². The van der Waals surface area contributed by atoms with Gasteiger partial charge in [-0.1, -0.05) is 12.1 Å². The van der Waals surface area contributed by atoms with Crippen molar-refractivity contribution < 1.29 is 22.7 Å². The second-order valence-electron chi connectivity index (χ2n) is 3.19. The number of urea groups is 1. The van der Waals surface area contributed by atoms with E-state index in [9.17, 15) is 18.0 Å². The van der Waals surface area contributed by atoms with Gasteiger partial charge in [0, 0.05) is 0 Å². The summed E-state index contributed by atoms with van der Waals surface area (Å²) < 4.78 is 29.8. The van der Waals surface area contributed by atoms with Gasteiger partial charge in [-0.15, -0.1) is 0 Å². The van der Waals surface area contributed by atoms with Crippen molar-refractivity contribution in [2.45, 2.75) is 11.8 Å². The van der Waals surface area contributed by atoms with Gasteiger partial charge in [-0.2, -0.15) is 0 Å². The van der Waals surface area contributed by atoms with E-state index in [0.717, 1.165) is 0 Å². The maximum Gasteiger partial charge on any atom is 0.339 e. The number of nitrogens with one attached hydrogen (secondary N) is 1. The van der Waals surface area contributed by atoms with E-state index in [4.69, 9.17) is 10.5 Å². The molecule has 0 aliphatic rings. The summed E-state index contributed by atoms with van der Waals surface area (Å²) in [7, 11) is -4.18. The standard InChI is InChI=1S/C10H12N2O5S/c1-2-17-9(13)7-5-3-4-6-8(7)18(15,16)12-10(11)14/h3-6H,2H2,1H3,(H3,11,12,14). The lowest BCUT2D eigenvalue weighted by Crippen LogP contribution is -2.35. The first-order valence-electron chi connectivity index (χ1n) is 4.97. The van der Waals surface area contributed by atoms with E-state index in [-0.39, 0.29) is 17.1 Å². The molecular formula is C10H12N2O5S. The predicted octanol–water partition coefficient (Wildman–Crippen LogP) is 0.220. The van der Waals surface area contributed by atoms with Gasteiger partial charge in [0.1, 0.15) is 4.90 Å². The van der Waals surface area contributed by atoms with Gasteiger partial charge in [-0.3, -0.25) is 0 Å². The Kier molecular flexibility index (Phi) is 4.27. The Morgan fingerprint density at radius 3 is 2.50 bits per heavy atom. The van der Waals surface area contributed by atoms with Crippen LogP contribution >= 0.6 is 0 Å². The van der Waals surface area contributed by atoms with Crippen molar-refractivity contribution in [1.29, 1.82) is 0 Å². The summed E-state index contributed by atoms with van der Waals surface area (Å²) in [6.07, 6.45) is 0. The summed E-state index contributed by atoms with van der Waals surface area (Å²) in [5.74, 6) is -0.789. The van der Waals surface area contributed by atoms with Gasteiger partial charge >= 0.3 is 12.0 Å². The number of carbonyl (C=O) groups excluding carboxylic acids is 2. The zero-order chi connectivity index (χ0) is 13.8. The summed E-state index contributed by atoms with van der Waals surface area (Å²) in [5, 5.41) is 0. The van der Waals surface area contributed by atoms with Crippen LogP contribution in [0.4, 0.5) is 4.79 Å². The highest BCUT2D eigenvalue weighted by atomic mass is 32.2. The maximum absolute atomic E-state index is 11.8. The van der Waals surface area contributed by atoms with Crippen LogP contribution in [0.2, 0.25) is 0 Å². The fourth-order valence-electron chi connectivity index (χ4n) is 1.27. The van der Waals surface area contributed by atoms with Gasteiger partial charge in [-0.05, 0) is 19.1 Å². The number of ether oxygens (including phenoxy) is 1. The van der Waals surface area contributed by atoms with Crippen LogP contribution in [0.15, 0.2) is 29.2 Å². The molecule has 3 N–H and O–H groups in total. The molecule has 2 amide bonds. The summed E-state index contributed by atoms with van der Waals surface area (Å²) in [6, 6.07) is 4.13. The number of esters is 1. The van der Waals surface area contributed by atoms with Crippen molar-refractivity contribution in [3.05, 3.63) is 29.8 Å². The van der Waals surface area contributed by atoms with Crippen LogP contribution in [0.3, 0.4) is 0 Å². The fourth-order valence-corrected chi connectivity index (χ4v) is 2.34. The molecule has 0 fully saturated rings. The highest BCUT2D eigenvalue weighted by molar-refractivity contribution is 7.90. The summed E-state index contributed by atoms with van der Waals surface area (Å²) >= 11 is 0. The number of primary amides is 1. The molecule has 0 atom stereocenters. The van der Waals surface area contributed by atoms with Gasteiger partial charge in [0.2, 0.25) is 0 Å². The number of carbonyl (C=O) groups is 2. The second-order valence-corrected chi connectivity index (χ2v) is 4.84. The maximum atomic E-state index is 11.8. The fraction of sp³-hybridized carbons (Fsp3) is 0.200. The minimum Gasteiger partial charge on any atom is -0.462 e. The van der Waals surface area contributed by atoms with Crippen molar-refractivity contribution in [1.82, 2.24) is 4.72 Å². The average Bonchev–Trinajstić information content (AvgIpc) is 2.27. The molecule has 0 unspecified atom stereocenters. The molecule has 18 heavy (non-hydrogen) atoms. The number of rotatable bonds is 4. The zero-order valence-electron chi connectivity index (χ0n) is 9.54. The number of hydrogen-bond donors (Lipinski definition) is 2. The molecule has 0 saturated heterocycles. The van der Waals surface area contributed by atoms with Crippen LogP contribution in [0.1, 0.15) is 17.3 Å². The Morgan fingerprint density at radius 2 is 1.94 bits per heavy atom. The van der Waals surface area contributed by atoms with Gasteiger partial charge < -0.3 is 10.5 Å². The zero-order valence-corrected chi connectivity index (χ0v) is 10.4. The molecule has 0 aliphatic heterocycles. The van der Waals surface area contributed by atoms with E-state index in [2.05, 4.69) is 0 Å². The molecule has 0 saturated carbocycles. The predicted molar refractivity (Wildman–Crippen MR) is 62.3 cm³/mol. The normalized spacial score (nSPS) is 10.7. The van der Waals surface area contributed by atoms with Gasteiger partial charge in [0.05, 0.1) is 12.2 Å². The molecule has 1 rings (SSSR count). The Bertz CT molecular complexity index is 567. The van der Waals surface area contributed by atoms with Crippen molar-refractivity contribution in [3.8, 4) is 0 Å². The number of benzene rings is 1. The Balaban J connectivity index is 3.25. The van der Waals surface area contributed by atoms with Crippen LogP contribution < -0.4 is 10.5 Å². The molecule has 0 radical (unpaired) electrons. The number of hydrogen-bond acceptors (Lipinski definition) is 5. The van der Waals surface area contributed by atoms with Crippen LogP contribution in [-0.2, 0) is 14.8 Å². The lowest BCUT2D eigenvalue weighted by Gasteiger charge is -2.09. The minimum atomic E-state index is -4.18. The molecule has 98 valence electrons. The number of amides is 2. The first-order chi connectivity index (χ1) is 8.38. The molecule has 1 aromatic rings. The van der Waals surface area contributed by atoms with Gasteiger partial charge in [0.25, 0.3) is 10.0 Å². The van der Waals surface area contributed by atoms with E-state index in [1.54, 1.807) is 11.6 Å². The van der Waals surface area contributed by atoms with Crippen molar-refractivity contribution in [2.24, 2.45) is 5.73 Å². The third-order valence-corrected chi connectivity index (χ3v) is 3.31. The van der Waals surface area contributed by atoms with E-state index < -0.39 is 22.0 Å². The van der Waals surface area contributed by atoms with E-state index in [0.29, 0.717) is 0 Å². The van der Waals surface area contributed by atoms with E-state index >= 15 is 0 Å². The molecule has 7 nitrogen and oxygen atoms in total. The Hall–Kier alpha value is -2.09. The summed E-state index contributed by atoms with van der Waals surface area (Å²) in [6.45, 7) is 1.70. The summed E-state index contributed by atoms with van der Waals surface area (Å²) in [5.41, 5.74) is 4.60. The van der Waals surface area contributed by atoms with Crippen LogP contribution in [0.5, 0.6) is 0 Å². The van der Waals surface area contributed by atoms with Gasteiger partial charge in [-0.25, -0.2) is 22.7 Å². The highest BCUT2D eigenvalue weighted by Crippen LogP contribution is 2.16. The van der Waals surface area contributed by atoms with E-state index in [1.165, 1.54) is 24.3 Å². The molecular weight excluding hydrogens is 260 g/mol. The Labute approximate surface area is 104 Å². The third-order valence-electron chi connectivity index (χ3n) is 1.91. The molecule has 0 spiro atoms. The molecule has 0 aliphatic carbocycles. The average molecular weight is 272 g/mol. The van der Waals surface area contributed by atoms with Crippen molar-refractivity contribution in [3.63, 3.8) is 0 Å². The molecule has 1 aromatic carbocycles. The lowest BCUT2D eigenvalue weighted by molar-refractivity contribution is 0.0521. The monoisotopic (exact) mass is 272 g/mol. The largest absolute Gasteiger partial charge is 0.462 e. The molecule has 0 aromatic heterocycles. The number of nitrogens with two attached hydrogens (primary N) is 1. The van der Waals surface area contributed by atoms with Crippen molar-refractivity contribution in [2.75, 3.05) is 6.61 Å². The first kappa shape index (κ1) is 14.0. The van der Waals surface area contributed by atoms with E-state index in [1.807, 2.05) is 0 Å². The summed E-state index contributed by atoms with van der Waals surface area (Å²) in [4.78, 5) is 21.8. The van der Waals surface area contributed by atoms with Crippen LogP contribution in [-0.4, -0.2) is 27.0 Å². The lowest BCUT2D eigenvalue weighted by atomic mass is 10.2. The smallest absolute Gasteiger partial charge is 0.339 e. The first-order valence-corrected chi connectivity index (χ1v) is 6.45. The highest BCUT2D eigenvalue weighted by Gasteiger charge is 2.23. The number of sulfonamides is 1. The SMILES string of the molecule is CCOC(=O)c1ccccc1S(=O)(=O)NC(N)=O. The molecule has 0 bridgehead atoms. The Morgan fingerprint density at radius 1 is 1.33 bits per heavy atom.